The molecular formula is C124H180N4O16. The molecule has 0 spiro atoms. The molecule has 1 aliphatic carbocycles. The molecule has 0 unspecified atom stereocenters. The summed E-state index contributed by atoms with van der Waals surface area (Å²) in [4.78, 5) is 68.2. The number of nitrogens with zero attached hydrogens (tertiary/aromatic N) is 4. The van der Waals surface area contributed by atoms with Crippen molar-refractivity contribution in [2.24, 2.45) is 0 Å². The molecule has 0 heterocycles. The minimum absolute atomic E-state index is 0.0581. The van der Waals surface area contributed by atoms with Gasteiger partial charge >= 0.3 is 24.4 Å². The molecule has 0 radical (unpaired) electrons. The maximum absolute atomic E-state index is 15.6. The van der Waals surface area contributed by atoms with Crippen molar-refractivity contribution in [1.82, 2.24) is 19.6 Å². The molecule has 9 rings (SSSR count). The predicted octanol–water partition coefficient (Wildman–Crippen LogP) is 33.6. The van der Waals surface area contributed by atoms with Crippen molar-refractivity contribution < 1.29 is 79.0 Å². The highest BCUT2D eigenvalue weighted by Gasteiger charge is 2.41. The van der Waals surface area contributed by atoms with Crippen LogP contribution in [0.15, 0.2) is 146 Å². The minimum atomic E-state index is -1.12. The van der Waals surface area contributed by atoms with E-state index >= 15 is 19.2 Å². The van der Waals surface area contributed by atoms with E-state index in [1.807, 2.05) is 121 Å². The fourth-order valence-electron chi connectivity index (χ4n) is 20.4. The summed E-state index contributed by atoms with van der Waals surface area (Å²) in [5.41, 5.74) is 0.0895. The van der Waals surface area contributed by atoms with E-state index in [9.17, 15) is 40.9 Å². The first kappa shape index (κ1) is 117. The maximum atomic E-state index is 15.6. The van der Waals surface area contributed by atoms with Crippen LogP contribution in [-0.2, 0) is 71.3 Å². The first-order valence-electron chi connectivity index (χ1n) is 55.2. The fraction of sp³-hybridized carbons (Fsp3) is 0.581. The van der Waals surface area contributed by atoms with Crippen LogP contribution in [0.3, 0.4) is 0 Å². The Morgan fingerprint density at radius 3 is 0.493 bits per heavy atom. The standard InChI is InChI=1S/C124H180N4O16/c1-17-21-25-29-33-37-41-45-61-73-93-97-77-99(111(131)105(109(97)129)85-125(117(137)141-121(5,6)7)81-89-65-53-49-54-66-89)94(74-62-46-42-38-34-30-26-22-18-2)101-79-103(115(135)107(113(101)133)87-127(119(139)143-123(11,12)13)83-91-69-57-51-58-70-91)96(76-64-48-44-40-36-32-28-24-20-4)104-80-102(114(134)108(116(104)136)88-128(120(140)144-124(14,15)16)84-92-71-59-52-60-72-92)95(75-63-47-43-39-35-31-27-23-19-3)100-78-98(93)110(130)106(112(100)132)86-126(118(138)142-122(8,9)10)82-90-67-55-50-56-68-90/h49-60,65-72,77-80,93-96,129-136H,17-48,61-64,73-76,81-88H2,1-16H3. The van der Waals surface area contributed by atoms with E-state index in [1.54, 1.807) is 107 Å². The Morgan fingerprint density at radius 2 is 0.354 bits per heavy atom. The molecule has 8 aromatic rings. The van der Waals surface area contributed by atoms with Crippen LogP contribution in [0, 0.1) is 0 Å². The molecule has 20 heteroatoms. The normalized spacial score (nSPS) is 14.4. The van der Waals surface area contributed by atoms with Crippen molar-refractivity contribution in [2.75, 3.05) is 0 Å². The molecule has 8 aromatic carbocycles. The molecule has 0 fully saturated rings. The van der Waals surface area contributed by atoms with Crippen LogP contribution in [0.1, 0.15) is 480 Å². The summed E-state index contributed by atoms with van der Waals surface area (Å²) in [6, 6.07) is 44.8. The number of amides is 4. The molecule has 8 N–H and O–H groups in total. The number of aromatic hydroxyl groups is 8. The monoisotopic (exact) mass is 1980 g/mol. The summed E-state index contributed by atoms with van der Waals surface area (Å²) in [6.07, 6.45) is 31.6. The molecule has 8 bridgehead atoms. The third-order valence-electron chi connectivity index (χ3n) is 28.0. The van der Waals surface area contributed by atoms with Crippen LogP contribution < -0.4 is 0 Å². The van der Waals surface area contributed by atoms with Crippen LogP contribution in [0.5, 0.6) is 46.0 Å². The third kappa shape index (κ3) is 37.0. The summed E-state index contributed by atoms with van der Waals surface area (Å²) in [5, 5.41) is 117. The Hall–Kier alpha value is -10.8. The van der Waals surface area contributed by atoms with Crippen LogP contribution >= 0.6 is 0 Å². The zero-order chi connectivity index (χ0) is 105. The Morgan fingerprint density at radius 1 is 0.215 bits per heavy atom. The molecule has 0 aliphatic heterocycles. The average Bonchev–Trinajstić information content (AvgIpc) is 0.732. The van der Waals surface area contributed by atoms with E-state index in [4.69, 9.17) is 18.9 Å². The third-order valence-corrected chi connectivity index (χ3v) is 28.0. The van der Waals surface area contributed by atoms with Crippen molar-refractivity contribution in [3.05, 3.63) is 235 Å². The van der Waals surface area contributed by atoms with Crippen LogP contribution in [-0.4, -0.2) is 107 Å². The van der Waals surface area contributed by atoms with E-state index in [0.29, 0.717) is 73.6 Å². The quantitative estimate of drug-likeness (QED) is 0.0130. The molecule has 144 heavy (non-hydrogen) atoms. The molecule has 792 valence electrons. The highest BCUT2D eigenvalue weighted by Crippen LogP contribution is 2.58. The first-order valence-corrected chi connectivity index (χ1v) is 55.2. The zero-order valence-electron chi connectivity index (χ0n) is 90.7. The maximum Gasteiger partial charge on any atom is 0.410 e. The van der Waals surface area contributed by atoms with Crippen LogP contribution in [0.2, 0.25) is 0 Å². The van der Waals surface area contributed by atoms with Gasteiger partial charge in [-0.3, -0.25) is 19.6 Å². The van der Waals surface area contributed by atoms with Crippen LogP contribution in [0.4, 0.5) is 19.2 Å². The second-order valence-corrected chi connectivity index (χ2v) is 44.9. The lowest BCUT2D eigenvalue weighted by atomic mass is 9.74. The van der Waals surface area contributed by atoms with Gasteiger partial charge in [0.1, 0.15) is 68.4 Å². The van der Waals surface area contributed by atoms with E-state index in [2.05, 4.69) is 27.7 Å². The van der Waals surface area contributed by atoms with Gasteiger partial charge in [0.05, 0.1) is 48.4 Å². The molecule has 0 aromatic heterocycles. The molecule has 0 atom stereocenters. The number of hydrogen-bond donors (Lipinski definition) is 8. The van der Waals surface area contributed by atoms with Gasteiger partial charge in [-0.05, 0) is 155 Å². The minimum Gasteiger partial charge on any atom is -0.507 e. The second-order valence-electron chi connectivity index (χ2n) is 44.9. The van der Waals surface area contributed by atoms with E-state index in [-0.39, 0.29) is 119 Å². The smallest absolute Gasteiger partial charge is 0.410 e. The largest absolute Gasteiger partial charge is 0.507 e. The number of phenolic OH excluding ortho intramolecular Hbond substituents is 8. The number of rotatable bonds is 56. The van der Waals surface area contributed by atoms with Crippen molar-refractivity contribution >= 4 is 24.4 Å². The topological polar surface area (TPSA) is 280 Å². The van der Waals surface area contributed by atoms with E-state index in [0.717, 1.165) is 180 Å². The summed E-state index contributed by atoms with van der Waals surface area (Å²) in [7, 11) is 0. The lowest BCUT2D eigenvalue weighted by Gasteiger charge is -2.34. The van der Waals surface area contributed by atoms with E-state index in [1.165, 1.54) is 19.6 Å². The molecule has 1 aliphatic rings. The number of unbranched alkanes of at least 4 members (excludes halogenated alkanes) is 32. The molecule has 4 amide bonds. The number of fused-ring (bicyclic) bond motifs is 8. The van der Waals surface area contributed by atoms with Crippen molar-refractivity contribution in [3.8, 4) is 46.0 Å². The molecule has 0 saturated carbocycles. The number of ether oxygens (including phenoxy) is 4. The lowest BCUT2D eigenvalue weighted by Crippen LogP contribution is -2.36. The Bertz CT molecular complexity index is 4450. The van der Waals surface area contributed by atoms with Gasteiger partial charge in [0.2, 0.25) is 0 Å². The summed E-state index contributed by atoms with van der Waals surface area (Å²) in [5.74, 6) is -7.76. The van der Waals surface area contributed by atoms with Crippen molar-refractivity contribution in [3.63, 3.8) is 0 Å². The fourth-order valence-corrected chi connectivity index (χ4v) is 20.4. The number of phenols is 8. The Kier molecular flexibility index (Phi) is 47.5. The summed E-state index contributed by atoms with van der Waals surface area (Å²) < 4.78 is 25.4. The van der Waals surface area contributed by atoms with Crippen LogP contribution in [0.25, 0.3) is 0 Å². The Balaban J connectivity index is 1.57. The van der Waals surface area contributed by atoms with E-state index < -0.39 is 143 Å². The number of hydrogen-bond acceptors (Lipinski definition) is 16. The van der Waals surface area contributed by atoms with Gasteiger partial charge in [0.15, 0.2) is 0 Å². The van der Waals surface area contributed by atoms with Gasteiger partial charge in [0, 0.05) is 94.4 Å². The van der Waals surface area contributed by atoms with Crippen molar-refractivity contribution in [2.45, 2.75) is 466 Å². The van der Waals surface area contributed by atoms with Gasteiger partial charge < -0.3 is 59.8 Å². The highest BCUT2D eigenvalue weighted by molar-refractivity contribution is 5.74. The zero-order valence-corrected chi connectivity index (χ0v) is 90.7. The second kappa shape index (κ2) is 58.5. The SMILES string of the molecule is CCCCCCCCCCCC1c2cc(c(O)c(CN(Cc3ccccc3)C(=O)OC(C)(C)C)c2O)C(CCCCCCCCCCC)c2cc(c(O)c(CN(Cc3ccccc3)C(=O)OC(C)(C)C)c2O)C(CCCCCCCCCCC)c2cc(c(O)c(CN(Cc3ccccc3)C(=O)OC(C)(C)C)c2O)C(CCCCCCCCCCC)c2cc1c(O)c(CN(Cc1ccccc1)C(=O)OC(C)(C)C)c2O. The molecule has 0 saturated heterocycles. The lowest BCUT2D eigenvalue weighted by molar-refractivity contribution is 0.0204. The predicted molar refractivity (Wildman–Crippen MR) is 582 cm³/mol. The van der Waals surface area contributed by atoms with Gasteiger partial charge in [0.25, 0.3) is 0 Å². The number of carbonyl (C=O) groups is 4. The number of benzene rings is 8. The average molecular weight is 1980 g/mol. The summed E-state index contributed by atoms with van der Waals surface area (Å²) >= 11 is 0. The van der Waals surface area contributed by atoms with Gasteiger partial charge in [-0.25, -0.2) is 19.2 Å². The molecular weight excluding hydrogens is 1800 g/mol. The first-order chi connectivity index (χ1) is 68.8. The highest BCUT2D eigenvalue weighted by atomic mass is 16.6. The molecule has 20 nitrogen and oxygen atoms in total. The van der Waals surface area contributed by atoms with Gasteiger partial charge in [-0.2, -0.15) is 0 Å². The van der Waals surface area contributed by atoms with Gasteiger partial charge in [-0.1, -0.05) is 380 Å². The Labute approximate surface area is 864 Å². The number of carbonyl (C=O) groups excluding carboxylic acids is 4. The van der Waals surface area contributed by atoms with Crippen molar-refractivity contribution in [1.29, 1.82) is 0 Å². The summed E-state index contributed by atoms with van der Waals surface area (Å²) in [6.45, 7) is 28.1. The van der Waals surface area contributed by atoms with Gasteiger partial charge in [-0.15, -0.1) is 0 Å².